The molecule has 1 aliphatic heterocycles. The molecule has 1 fully saturated rings. The molecule has 4 nitrogen and oxygen atoms in total. The van der Waals surface area contributed by atoms with Crippen LogP contribution in [0.4, 0.5) is 0 Å². The summed E-state index contributed by atoms with van der Waals surface area (Å²) < 4.78 is 11.6. The van der Waals surface area contributed by atoms with Crippen LogP contribution in [-0.2, 0) is 14.9 Å². The third kappa shape index (κ3) is 6.25. The predicted molar refractivity (Wildman–Crippen MR) is 142 cm³/mol. The molecule has 0 spiro atoms. The second kappa shape index (κ2) is 11.4. The van der Waals surface area contributed by atoms with Gasteiger partial charge >= 0.3 is 0 Å². The monoisotopic (exact) mass is 513 g/mol. The number of hydrogen-bond acceptors (Lipinski definition) is 4. The smallest absolute Gasteiger partial charge is 0.166 e. The SMILES string of the molecule is CC1=CC(C(C)(CC(=O)c2ccccc2)c2ccc(Cl)cc2)=CCC1(Cl)OCCN1CCOCC1. The van der Waals surface area contributed by atoms with Gasteiger partial charge in [0, 0.05) is 48.5 Å². The van der Waals surface area contributed by atoms with Crippen LogP contribution in [0, 0.1) is 0 Å². The minimum atomic E-state index is -0.875. The van der Waals surface area contributed by atoms with Gasteiger partial charge in [-0.2, -0.15) is 0 Å². The lowest BCUT2D eigenvalue weighted by Gasteiger charge is -2.38. The molecule has 0 saturated carbocycles. The fourth-order valence-corrected chi connectivity index (χ4v) is 5.09. The normalized spacial score (nSPS) is 22.7. The highest BCUT2D eigenvalue weighted by Gasteiger charge is 2.39. The molecule has 2 aromatic carbocycles. The summed E-state index contributed by atoms with van der Waals surface area (Å²) in [5.74, 6) is 0.0967. The molecule has 0 amide bonds. The van der Waals surface area contributed by atoms with Crippen molar-refractivity contribution >= 4 is 29.0 Å². The van der Waals surface area contributed by atoms with Crippen molar-refractivity contribution < 1.29 is 14.3 Å². The summed E-state index contributed by atoms with van der Waals surface area (Å²) in [5.41, 5.74) is 3.23. The zero-order valence-corrected chi connectivity index (χ0v) is 21.9. The zero-order valence-electron chi connectivity index (χ0n) is 20.4. The first-order valence-electron chi connectivity index (χ1n) is 12.2. The van der Waals surface area contributed by atoms with E-state index in [9.17, 15) is 4.79 Å². The summed E-state index contributed by atoms with van der Waals surface area (Å²) in [7, 11) is 0. The number of ether oxygens (including phenoxy) is 2. The number of alkyl halides is 1. The van der Waals surface area contributed by atoms with Crippen molar-refractivity contribution in [3.8, 4) is 0 Å². The van der Waals surface area contributed by atoms with Crippen molar-refractivity contribution in [3.63, 3.8) is 0 Å². The summed E-state index contributed by atoms with van der Waals surface area (Å²) in [6.45, 7) is 8.89. The summed E-state index contributed by atoms with van der Waals surface area (Å²) in [5, 5.41) is -0.205. The molecule has 2 unspecified atom stereocenters. The van der Waals surface area contributed by atoms with Crippen molar-refractivity contribution in [1.29, 1.82) is 0 Å². The molecule has 0 radical (unpaired) electrons. The maximum atomic E-state index is 13.3. The van der Waals surface area contributed by atoms with E-state index in [-0.39, 0.29) is 5.78 Å². The number of Topliss-reactive ketones (excluding diaryl/α,β-unsaturated/α-hetero) is 1. The maximum Gasteiger partial charge on any atom is 0.166 e. The van der Waals surface area contributed by atoms with E-state index in [4.69, 9.17) is 32.7 Å². The number of nitrogens with zero attached hydrogens (tertiary/aromatic N) is 1. The summed E-state index contributed by atoms with van der Waals surface area (Å²) in [6, 6.07) is 17.2. The van der Waals surface area contributed by atoms with Crippen molar-refractivity contribution in [2.24, 2.45) is 0 Å². The first kappa shape index (κ1) is 26.1. The molecule has 1 saturated heterocycles. The van der Waals surface area contributed by atoms with Gasteiger partial charge in [-0.15, -0.1) is 0 Å². The van der Waals surface area contributed by atoms with Crippen LogP contribution in [0.15, 0.2) is 77.9 Å². The summed E-state index contributed by atoms with van der Waals surface area (Å²) >= 11 is 13.1. The Labute approximate surface area is 218 Å². The van der Waals surface area contributed by atoms with E-state index in [0.717, 1.165) is 49.6 Å². The number of halogens is 2. The van der Waals surface area contributed by atoms with Gasteiger partial charge < -0.3 is 9.47 Å². The van der Waals surface area contributed by atoms with Gasteiger partial charge in [-0.05, 0) is 35.8 Å². The molecule has 1 aliphatic carbocycles. The van der Waals surface area contributed by atoms with Crippen molar-refractivity contribution in [1.82, 2.24) is 4.90 Å². The van der Waals surface area contributed by atoms with Crippen LogP contribution in [0.5, 0.6) is 0 Å². The van der Waals surface area contributed by atoms with E-state index in [2.05, 4.69) is 24.0 Å². The van der Waals surface area contributed by atoms with Crippen LogP contribution < -0.4 is 0 Å². The molecule has 35 heavy (non-hydrogen) atoms. The molecule has 0 N–H and O–H groups in total. The Morgan fingerprint density at radius 1 is 1.11 bits per heavy atom. The fourth-order valence-electron chi connectivity index (χ4n) is 4.76. The lowest BCUT2D eigenvalue weighted by Crippen LogP contribution is -2.40. The van der Waals surface area contributed by atoms with E-state index in [1.54, 1.807) is 0 Å². The number of hydrogen-bond donors (Lipinski definition) is 0. The van der Waals surface area contributed by atoms with E-state index in [0.29, 0.717) is 30.0 Å². The highest BCUT2D eigenvalue weighted by Crippen LogP contribution is 2.44. The average molecular weight is 514 g/mol. The van der Waals surface area contributed by atoms with Gasteiger partial charge in [-0.3, -0.25) is 9.69 Å². The first-order valence-corrected chi connectivity index (χ1v) is 12.9. The van der Waals surface area contributed by atoms with Crippen molar-refractivity contribution in [2.45, 2.75) is 37.2 Å². The largest absolute Gasteiger partial charge is 0.379 e. The van der Waals surface area contributed by atoms with Crippen molar-refractivity contribution in [3.05, 3.63) is 94.0 Å². The third-order valence-corrected chi connectivity index (χ3v) is 7.93. The summed E-state index contributed by atoms with van der Waals surface area (Å²) in [6.07, 6.45) is 5.10. The molecule has 1 heterocycles. The predicted octanol–water partition coefficient (Wildman–Crippen LogP) is 6.43. The maximum absolute atomic E-state index is 13.3. The lowest BCUT2D eigenvalue weighted by molar-refractivity contribution is -0.00156. The van der Waals surface area contributed by atoms with Gasteiger partial charge in [0.15, 0.2) is 10.8 Å². The first-order chi connectivity index (χ1) is 16.8. The Morgan fingerprint density at radius 2 is 1.80 bits per heavy atom. The fraction of sp³-hybridized carbons (Fsp3) is 0.414. The lowest BCUT2D eigenvalue weighted by atomic mass is 9.69. The topological polar surface area (TPSA) is 38.8 Å². The van der Waals surface area contributed by atoms with Crippen LogP contribution in [0.2, 0.25) is 5.02 Å². The van der Waals surface area contributed by atoms with Crippen LogP contribution in [0.1, 0.15) is 42.6 Å². The van der Waals surface area contributed by atoms with Crippen LogP contribution in [0.3, 0.4) is 0 Å². The number of carbonyl (C=O) groups excluding carboxylic acids is 1. The Morgan fingerprint density at radius 3 is 2.46 bits per heavy atom. The number of carbonyl (C=O) groups is 1. The van der Waals surface area contributed by atoms with Crippen molar-refractivity contribution in [2.75, 3.05) is 39.5 Å². The third-order valence-electron chi connectivity index (χ3n) is 7.12. The van der Waals surface area contributed by atoms with E-state index < -0.39 is 10.5 Å². The number of rotatable bonds is 9. The number of ketones is 1. The van der Waals surface area contributed by atoms with Gasteiger partial charge in [0.25, 0.3) is 0 Å². The molecule has 186 valence electrons. The highest BCUT2D eigenvalue weighted by atomic mass is 35.5. The minimum Gasteiger partial charge on any atom is -0.379 e. The van der Waals surface area contributed by atoms with Gasteiger partial charge in [-0.1, -0.05) is 84.7 Å². The quantitative estimate of drug-likeness (QED) is 0.286. The summed E-state index contributed by atoms with van der Waals surface area (Å²) in [4.78, 5) is 15.6. The number of morpholine rings is 1. The molecule has 2 aromatic rings. The van der Waals surface area contributed by atoms with Gasteiger partial charge in [0.2, 0.25) is 0 Å². The Kier molecular flexibility index (Phi) is 8.51. The molecule has 6 heteroatoms. The standard InChI is InChI=1S/C29H33Cl2NO3/c1-22-20-25(12-13-29(22,31)35-19-16-32-14-17-34-18-15-32)28(2,24-8-10-26(30)11-9-24)21-27(33)23-6-4-3-5-7-23/h3-12,20H,13-19,21H2,1-2H3. The molecule has 2 atom stereocenters. The zero-order chi connectivity index (χ0) is 24.9. The Hall–Kier alpha value is -1.95. The van der Waals surface area contributed by atoms with Gasteiger partial charge in [0.05, 0.1) is 19.8 Å². The molecule has 2 aliphatic rings. The van der Waals surface area contributed by atoms with E-state index in [1.165, 1.54) is 0 Å². The van der Waals surface area contributed by atoms with Gasteiger partial charge in [0.1, 0.15) is 0 Å². The van der Waals surface area contributed by atoms with Crippen LogP contribution in [-0.4, -0.2) is 55.2 Å². The molecule has 0 aromatic heterocycles. The Balaban J connectivity index is 1.54. The van der Waals surface area contributed by atoms with E-state index >= 15 is 0 Å². The second-order valence-electron chi connectivity index (χ2n) is 9.53. The average Bonchev–Trinajstić information content (AvgIpc) is 2.87. The number of allylic oxidation sites excluding steroid dienone is 2. The molecule has 0 bridgehead atoms. The van der Waals surface area contributed by atoms with Gasteiger partial charge in [-0.25, -0.2) is 0 Å². The number of benzene rings is 2. The molecular formula is C29H33Cl2NO3. The molecule has 4 rings (SSSR count). The highest BCUT2D eigenvalue weighted by molar-refractivity contribution is 6.30. The van der Waals surface area contributed by atoms with E-state index in [1.807, 2.05) is 61.5 Å². The minimum absolute atomic E-state index is 0.0967. The van der Waals surface area contributed by atoms with Crippen LogP contribution >= 0.6 is 23.2 Å². The second-order valence-corrected chi connectivity index (χ2v) is 10.6. The molecular weight excluding hydrogens is 481 g/mol. The Bertz CT molecular complexity index is 1080. The van der Waals surface area contributed by atoms with Crippen LogP contribution in [0.25, 0.3) is 0 Å².